The minimum Gasteiger partial charge on any atom is -0.0654 e. The Hall–Kier alpha value is 0. The Balaban J connectivity index is 3.27. The maximum Gasteiger partial charge on any atom is -0.0331 e. The van der Waals surface area contributed by atoms with Crippen LogP contribution in [0.5, 0.6) is 0 Å². The lowest BCUT2D eigenvalue weighted by molar-refractivity contribution is 0.221. The van der Waals surface area contributed by atoms with Crippen LogP contribution in [-0.2, 0) is 0 Å². The van der Waals surface area contributed by atoms with Gasteiger partial charge in [-0.05, 0) is 17.8 Å². The van der Waals surface area contributed by atoms with E-state index in [0.717, 1.165) is 5.92 Å². The van der Waals surface area contributed by atoms with E-state index in [4.69, 9.17) is 0 Å². The van der Waals surface area contributed by atoms with E-state index in [1.807, 2.05) is 0 Å². The number of unbranched alkanes of at least 4 members (excludes halogenated alkanes) is 7. The van der Waals surface area contributed by atoms with Gasteiger partial charge in [-0.2, -0.15) is 0 Å². The van der Waals surface area contributed by atoms with Crippen LogP contribution in [0.4, 0.5) is 0 Å². The van der Waals surface area contributed by atoms with Crippen molar-refractivity contribution in [1.82, 2.24) is 0 Å². The van der Waals surface area contributed by atoms with Gasteiger partial charge in [-0.3, -0.25) is 0 Å². The summed E-state index contributed by atoms with van der Waals surface area (Å²) in [6, 6.07) is 0. The normalized spacial score (nSPS) is 12.4. The van der Waals surface area contributed by atoms with Gasteiger partial charge in [0.2, 0.25) is 0 Å². The maximum absolute atomic E-state index is 2.42. The molecule has 16 heavy (non-hydrogen) atoms. The zero-order chi connectivity index (χ0) is 12.4. The van der Waals surface area contributed by atoms with Gasteiger partial charge in [0.1, 0.15) is 0 Å². The van der Waals surface area contributed by atoms with E-state index in [-0.39, 0.29) is 0 Å². The van der Waals surface area contributed by atoms with Gasteiger partial charge in [-0.1, -0.05) is 86.0 Å². The molecule has 0 bridgehead atoms. The van der Waals surface area contributed by atoms with Crippen molar-refractivity contribution >= 4 is 0 Å². The summed E-state index contributed by atoms with van der Waals surface area (Å²) in [6.45, 7) is 11.8. The second-order valence-electron chi connectivity index (χ2n) is 6.37. The van der Waals surface area contributed by atoms with E-state index in [9.17, 15) is 0 Å². The average molecular weight is 226 g/mol. The summed E-state index contributed by atoms with van der Waals surface area (Å²) in [4.78, 5) is 0. The monoisotopic (exact) mass is 226 g/mol. The molecule has 0 aliphatic rings. The first-order chi connectivity index (χ1) is 7.50. The SMILES string of the molecule is CCCCCCCCCCC(C)(C)C(C)C. The molecule has 0 heteroatoms. The molecule has 0 spiro atoms. The van der Waals surface area contributed by atoms with Crippen LogP contribution >= 0.6 is 0 Å². The molecule has 0 rings (SSSR count). The minimum absolute atomic E-state index is 0.544. The van der Waals surface area contributed by atoms with Crippen molar-refractivity contribution < 1.29 is 0 Å². The van der Waals surface area contributed by atoms with Crippen molar-refractivity contribution in [2.75, 3.05) is 0 Å². The standard InChI is InChI=1S/C16H34/c1-6-7-8-9-10-11-12-13-14-16(4,5)15(2)3/h15H,6-14H2,1-5H3. The number of hydrogen-bond acceptors (Lipinski definition) is 0. The topological polar surface area (TPSA) is 0 Å². The number of hydrogen-bond donors (Lipinski definition) is 0. The Kier molecular flexibility index (Phi) is 9.07. The number of rotatable bonds is 10. The summed E-state index contributed by atoms with van der Waals surface area (Å²) in [5, 5.41) is 0. The molecule has 0 aromatic carbocycles. The van der Waals surface area contributed by atoms with Crippen LogP contribution in [0.25, 0.3) is 0 Å². The van der Waals surface area contributed by atoms with Gasteiger partial charge in [-0.25, -0.2) is 0 Å². The van der Waals surface area contributed by atoms with Crippen molar-refractivity contribution in [3.8, 4) is 0 Å². The highest BCUT2D eigenvalue weighted by molar-refractivity contribution is 4.71. The van der Waals surface area contributed by atoms with Crippen LogP contribution in [0, 0.1) is 11.3 Å². The first-order valence-corrected chi connectivity index (χ1v) is 7.50. The Morgan fingerprint density at radius 1 is 0.750 bits per heavy atom. The largest absolute Gasteiger partial charge is 0.0654 e. The summed E-state index contributed by atoms with van der Waals surface area (Å²) in [6.07, 6.45) is 12.9. The van der Waals surface area contributed by atoms with Crippen LogP contribution in [0.2, 0.25) is 0 Å². The van der Waals surface area contributed by atoms with Gasteiger partial charge < -0.3 is 0 Å². The molecular weight excluding hydrogens is 192 g/mol. The Labute approximate surface area is 104 Å². The summed E-state index contributed by atoms with van der Waals surface area (Å²) in [5.41, 5.74) is 0.544. The first-order valence-electron chi connectivity index (χ1n) is 7.50. The summed E-state index contributed by atoms with van der Waals surface area (Å²) < 4.78 is 0. The maximum atomic E-state index is 2.42. The van der Waals surface area contributed by atoms with E-state index in [0.29, 0.717) is 5.41 Å². The van der Waals surface area contributed by atoms with Crippen LogP contribution in [0.15, 0.2) is 0 Å². The second-order valence-corrected chi connectivity index (χ2v) is 6.37. The van der Waals surface area contributed by atoms with E-state index < -0.39 is 0 Å². The molecule has 0 atom stereocenters. The second kappa shape index (κ2) is 9.07. The molecule has 0 aliphatic carbocycles. The summed E-state index contributed by atoms with van der Waals surface area (Å²) in [5.74, 6) is 0.817. The highest BCUT2D eigenvalue weighted by Crippen LogP contribution is 2.32. The fourth-order valence-corrected chi connectivity index (χ4v) is 2.00. The zero-order valence-electron chi connectivity index (χ0n) is 12.4. The van der Waals surface area contributed by atoms with Crippen LogP contribution < -0.4 is 0 Å². The predicted molar refractivity (Wildman–Crippen MR) is 75.8 cm³/mol. The van der Waals surface area contributed by atoms with Gasteiger partial charge in [0.25, 0.3) is 0 Å². The van der Waals surface area contributed by atoms with Crippen LogP contribution in [-0.4, -0.2) is 0 Å². The summed E-state index contributed by atoms with van der Waals surface area (Å²) >= 11 is 0. The van der Waals surface area contributed by atoms with Crippen molar-refractivity contribution in [3.05, 3.63) is 0 Å². The quantitative estimate of drug-likeness (QED) is 0.389. The smallest absolute Gasteiger partial charge is 0.0331 e. The lowest BCUT2D eigenvalue weighted by Gasteiger charge is -2.29. The molecule has 0 radical (unpaired) electrons. The van der Waals surface area contributed by atoms with Crippen molar-refractivity contribution in [3.63, 3.8) is 0 Å². The molecule has 0 aromatic heterocycles. The van der Waals surface area contributed by atoms with Gasteiger partial charge in [-0.15, -0.1) is 0 Å². The molecule has 0 amide bonds. The van der Waals surface area contributed by atoms with E-state index in [1.54, 1.807) is 0 Å². The zero-order valence-corrected chi connectivity index (χ0v) is 12.4. The highest BCUT2D eigenvalue weighted by Gasteiger charge is 2.20. The molecular formula is C16H34. The Morgan fingerprint density at radius 3 is 1.62 bits per heavy atom. The Bertz CT molecular complexity index is 144. The van der Waals surface area contributed by atoms with E-state index in [1.165, 1.54) is 57.8 Å². The third-order valence-electron chi connectivity index (χ3n) is 4.24. The molecule has 0 fully saturated rings. The third-order valence-corrected chi connectivity index (χ3v) is 4.24. The van der Waals surface area contributed by atoms with Crippen LogP contribution in [0.1, 0.15) is 92.4 Å². The Morgan fingerprint density at radius 2 is 1.19 bits per heavy atom. The third kappa shape index (κ3) is 8.19. The van der Waals surface area contributed by atoms with Crippen molar-refractivity contribution in [2.24, 2.45) is 11.3 Å². The molecule has 0 saturated heterocycles. The molecule has 0 N–H and O–H groups in total. The first kappa shape index (κ1) is 16.0. The van der Waals surface area contributed by atoms with E-state index >= 15 is 0 Å². The predicted octanol–water partition coefficient (Wildman–Crippen LogP) is 6.20. The molecule has 0 nitrogen and oxygen atoms in total. The van der Waals surface area contributed by atoms with Crippen LogP contribution in [0.3, 0.4) is 0 Å². The van der Waals surface area contributed by atoms with Gasteiger partial charge in [0.15, 0.2) is 0 Å². The minimum atomic E-state index is 0.544. The molecule has 0 aliphatic heterocycles. The van der Waals surface area contributed by atoms with Gasteiger partial charge in [0.05, 0.1) is 0 Å². The van der Waals surface area contributed by atoms with Gasteiger partial charge in [0, 0.05) is 0 Å². The average Bonchev–Trinajstić information content (AvgIpc) is 2.21. The molecule has 0 saturated carbocycles. The molecule has 0 aromatic rings. The highest BCUT2D eigenvalue weighted by atomic mass is 14.3. The van der Waals surface area contributed by atoms with E-state index in [2.05, 4.69) is 34.6 Å². The van der Waals surface area contributed by atoms with Gasteiger partial charge >= 0.3 is 0 Å². The van der Waals surface area contributed by atoms with Crippen molar-refractivity contribution in [1.29, 1.82) is 0 Å². The fraction of sp³-hybridized carbons (Fsp3) is 1.00. The molecule has 0 heterocycles. The lowest BCUT2D eigenvalue weighted by Crippen LogP contribution is -2.18. The lowest BCUT2D eigenvalue weighted by atomic mass is 9.77. The molecule has 0 unspecified atom stereocenters. The molecule has 98 valence electrons. The van der Waals surface area contributed by atoms with Crippen molar-refractivity contribution in [2.45, 2.75) is 92.4 Å². The summed E-state index contributed by atoms with van der Waals surface area (Å²) in [7, 11) is 0. The fourth-order valence-electron chi connectivity index (χ4n) is 2.00.